The first-order valence-corrected chi connectivity index (χ1v) is 18.5. The zero-order chi connectivity index (χ0) is 35.1. The summed E-state index contributed by atoms with van der Waals surface area (Å²) in [5.74, 6) is 0. The van der Waals surface area contributed by atoms with Crippen LogP contribution in [-0.4, -0.2) is 0 Å². The first-order valence-electron chi connectivity index (χ1n) is 18.5. The zero-order valence-corrected chi connectivity index (χ0v) is 29.4. The van der Waals surface area contributed by atoms with Crippen LogP contribution in [0.2, 0.25) is 0 Å². The number of fused-ring (bicyclic) bond motifs is 12. The van der Waals surface area contributed by atoms with E-state index in [4.69, 9.17) is 0 Å². The highest BCUT2D eigenvalue weighted by Crippen LogP contribution is 2.63. The Balaban J connectivity index is 1.22. The summed E-state index contributed by atoms with van der Waals surface area (Å²) in [6.45, 7) is 2.16. The number of nitrogens with zero attached hydrogens (tertiary/aromatic N) is 1. The summed E-state index contributed by atoms with van der Waals surface area (Å²) in [5.41, 5.74) is 17.3. The number of hydrogen-bond donors (Lipinski definition) is 0. The van der Waals surface area contributed by atoms with Crippen molar-refractivity contribution in [2.24, 2.45) is 0 Å². The van der Waals surface area contributed by atoms with Gasteiger partial charge in [0.25, 0.3) is 0 Å². The van der Waals surface area contributed by atoms with Crippen molar-refractivity contribution in [2.75, 3.05) is 4.90 Å². The minimum atomic E-state index is -0.418. The zero-order valence-electron chi connectivity index (χ0n) is 29.4. The molecular formula is C52H35N. The number of hydrogen-bond acceptors (Lipinski definition) is 1. The van der Waals surface area contributed by atoms with Gasteiger partial charge in [-0.05, 0) is 115 Å². The van der Waals surface area contributed by atoms with Crippen LogP contribution >= 0.6 is 0 Å². The monoisotopic (exact) mass is 673 g/mol. The van der Waals surface area contributed by atoms with Crippen LogP contribution < -0.4 is 4.90 Å². The molecule has 0 amide bonds. The lowest BCUT2D eigenvalue weighted by molar-refractivity contribution is 0.793. The highest BCUT2D eigenvalue weighted by molar-refractivity contribution is 6.07. The summed E-state index contributed by atoms with van der Waals surface area (Å²) in [7, 11) is 0. The lowest BCUT2D eigenvalue weighted by atomic mass is 9.70. The predicted molar refractivity (Wildman–Crippen MR) is 223 cm³/mol. The topological polar surface area (TPSA) is 3.24 Å². The first kappa shape index (κ1) is 30.0. The van der Waals surface area contributed by atoms with Gasteiger partial charge in [0.1, 0.15) is 0 Å². The number of aryl methyl sites for hydroxylation is 1. The largest absolute Gasteiger partial charge is 0.310 e. The molecule has 0 unspecified atom stereocenters. The van der Waals surface area contributed by atoms with Gasteiger partial charge in [-0.1, -0.05) is 163 Å². The van der Waals surface area contributed by atoms with Crippen molar-refractivity contribution in [1.82, 2.24) is 0 Å². The van der Waals surface area contributed by atoms with E-state index in [-0.39, 0.29) is 0 Å². The Morgan fingerprint density at radius 2 is 0.906 bits per heavy atom. The summed E-state index contributed by atoms with van der Waals surface area (Å²) >= 11 is 0. The van der Waals surface area contributed by atoms with E-state index in [0.717, 1.165) is 17.1 Å². The quantitative estimate of drug-likeness (QED) is 0.180. The van der Waals surface area contributed by atoms with E-state index in [0.29, 0.717) is 0 Å². The van der Waals surface area contributed by atoms with E-state index < -0.39 is 5.41 Å². The molecule has 0 aliphatic heterocycles. The van der Waals surface area contributed by atoms with Crippen molar-refractivity contribution in [1.29, 1.82) is 0 Å². The van der Waals surface area contributed by atoms with Crippen LogP contribution in [0, 0.1) is 6.92 Å². The summed E-state index contributed by atoms with van der Waals surface area (Å²) in [6, 6.07) is 72.3. The lowest BCUT2D eigenvalue weighted by Gasteiger charge is -2.33. The first-order chi connectivity index (χ1) is 26.2. The van der Waals surface area contributed by atoms with E-state index >= 15 is 0 Å². The van der Waals surface area contributed by atoms with Crippen LogP contribution in [0.1, 0.15) is 27.8 Å². The average Bonchev–Trinajstić information content (AvgIpc) is 3.68. The third kappa shape index (κ3) is 4.25. The van der Waals surface area contributed by atoms with Crippen LogP contribution in [-0.2, 0) is 5.41 Å². The molecule has 0 fully saturated rings. The Morgan fingerprint density at radius 3 is 1.58 bits per heavy atom. The van der Waals surface area contributed by atoms with E-state index in [9.17, 15) is 0 Å². The number of anilines is 3. The van der Waals surface area contributed by atoms with E-state index in [2.05, 4.69) is 206 Å². The lowest BCUT2D eigenvalue weighted by Crippen LogP contribution is -2.26. The maximum Gasteiger partial charge on any atom is 0.0726 e. The second kappa shape index (κ2) is 11.4. The smallest absolute Gasteiger partial charge is 0.0726 e. The van der Waals surface area contributed by atoms with Crippen LogP contribution in [0.5, 0.6) is 0 Å². The molecule has 1 nitrogen and oxygen atoms in total. The van der Waals surface area contributed by atoms with Gasteiger partial charge in [0.2, 0.25) is 0 Å². The van der Waals surface area contributed by atoms with E-state index in [1.165, 1.54) is 82.7 Å². The van der Waals surface area contributed by atoms with Gasteiger partial charge in [-0.3, -0.25) is 0 Å². The second-order valence-electron chi connectivity index (χ2n) is 14.5. The van der Waals surface area contributed by atoms with Crippen LogP contribution in [0.15, 0.2) is 194 Å². The molecule has 0 aromatic heterocycles. The number of rotatable bonds is 4. The van der Waals surface area contributed by atoms with Gasteiger partial charge in [0, 0.05) is 16.9 Å². The molecule has 9 aromatic carbocycles. The van der Waals surface area contributed by atoms with Gasteiger partial charge in [-0.2, -0.15) is 0 Å². The van der Waals surface area contributed by atoms with Crippen molar-refractivity contribution < 1.29 is 0 Å². The molecule has 248 valence electrons. The summed E-state index contributed by atoms with van der Waals surface area (Å²) in [5, 5.41) is 4.95. The van der Waals surface area contributed by atoms with Crippen molar-refractivity contribution in [3.05, 3.63) is 222 Å². The van der Waals surface area contributed by atoms with Crippen LogP contribution in [0.25, 0.3) is 54.9 Å². The summed E-state index contributed by atoms with van der Waals surface area (Å²) < 4.78 is 0. The fraction of sp³-hybridized carbons (Fsp3) is 0.0385. The third-order valence-electron chi connectivity index (χ3n) is 11.7. The van der Waals surface area contributed by atoms with Crippen LogP contribution in [0.4, 0.5) is 17.1 Å². The molecule has 0 saturated heterocycles. The summed E-state index contributed by atoms with van der Waals surface area (Å²) in [4.78, 5) is 2.49. The van der Waals surface area contributed by atoms with Crippen molar-refractivity contribution in [3.8, 4) is 33.4 Å². The molecule has 1 spiro atoms. The normalized spacial score (nSPS) is 13.2. The molecule has 0 saturated carbocycles. The molecule has 0 radical (unpaired) electrons. The molecule has 11 rings (SSSR count). The highest BCUT2D eigenvalue weighted by atomic mass is 15.1. The standard InChI is InChI=1S/C52H35N/c1-34-22-27-39(28-23-34)53(50-31-26-36-13-4-5-15-41(36)51(50)38-25-24-35-12-2-3-14-37(35)32-38)40-29-30-45-44-18-8-11-21-48(44)52(49(45)33-40)46-19-9-6-16-42(46)43-17-7-10-20-47(43)52/h2-33H,1H3. The third-order valence-corrected chi connectivity index (χ3v) is 11.7. The molecular weight excluding hydrogens is 639 g/mol. The van der Waals surface area contributed by atoms with Crippen molar-refractivity contribution in [3.63, 3.8) is 0 Å². The Hall–Kier alpha value is -6.70. The van der Waals surface area contributed by atoms with Gasteiger partial charge >= 0.3 is 0 Å². The van der Waals surface area contributed by atoms with E-state index in [1.807, 2.05) is 0 Å². The predicted octanol–water partition coefficient (Wildman–Crippen LogP) is 13.8. The van der Waals surface area contributed by atoms with Gasteiger partial charge < -0.3 is 4.90 Å². The molecule has 0 N–H and O–H groups in total. The van der Waals surface area contributed by atoms with Crippen molar-refractivity contribution >= 4 is 38.6 Å². The fourth-order valence-corrected chi connectivity index (χ4v) is 9.44. The molecule has 1 heteroatoms. The molecule has 9 aromatic rings. The van der Waals surface area contributed by atoms with Crippen LogP contribution in [0.3, 0.4) is 0 Å². The Bertz CT molecular complexity index is 2850. The second-order valence-corrected chi connectivity index (χ2v) is 14.5. The number of benzene rings is 9. The van der Waals surface area contributed by atoms with E-state index in [1.54, 1.807) is 0 Å². The minimum absolute atomic E-state index is 0.418. The SMILES string of the molecule is Cc1ccc(N(c2ccc3c(c2)C2(c4ccccc4-c4ccccc42)c2ccccc2-3)c2ccc3ccccc3c2-c2ccc3ccccc3c2)cc1. The van der Waals surface area contributed by atoms with Gasteiger partial charge in [0.05, 0.1) is 11.1 Å². The van der Waals surface area contributed by atoms with Crippen molar-refractivity contribution in [2.45, 2.75) is 12.3 Å². The fourth-order valence-electron chi connectivity index (χ4n) is 9.44. The van der Waals surface area contributed by atoms with Gasteiger partial charge in [-0.25, -0.2) is 0 Å². The molecule has 0 bridgehead atoms. The molecule has 2 aliphatic carbocycles. The maximum atomic E-state index is 2.49. The highest BCUT2D eigenvalue weighted by Gasteiger charge is 2.51. The minimum Gasteiger partial charge on any atom is -0.310 e. The Labute approximate surface area is 310 Å². The van der Waals surface area contributed by atoms with Gasteiger partial charge in [-0.15, -0.1) is 0 Å². The molecule has 2 aliphatic rings. The molecule has 0 heterocycles. The molecule has 0 atom stereocenters. The molecule has 53 heavy (non-hydrogen) atoms. The average molecular weight is 674 g/mol. The maximum absolute atomic E-state index is 2.49. The van der Waals surface area contributed by atoms with Gasteiger partial charge in [0.15, 0.2) is 0 Å². The summed E-state index contributed by atoms with van der Waals surface area (Å²) in [6.07, 6.45) is 0. The Morgan fingerprint density at radius 1 is 0.377 bits per heavy atom. The Kier molecular flexibility index (Phi) is 6.45.